The maximum absolute atomic E-state index is 2.06. The van der Waals surface area contributed by atoms with E-state index in [9.17, 15) is 0 Å². The molecule has 0 atom stereocenters. The molecule has 0 nitrogen and oxygen atoms in total. The van der Waals surface area contributed by atoms with E-state index in [4.69, 9.17) is 0 Å². The molecule has 0 saturated heterocycles. The molecule has 0 spiro atoms. The Morgan fingerprint density at radius 1 is 1.17 bits per heavy atom. The van der Waals surface area contributed by atoms with Crippen molar-refractivity contribution in [2.75, 3.05) is 0 Å². The van der Waals surface area contributed by atoms with Gasteiger partial charge in [0.05, 0.1) is 0 Å². The van der Waals surface area contributed by atoms with Gasteiger partial charge in [-0.05, 0) is 0 Å². The first-order chi connectivity index (χ1) is 1.00. The molecule has 0 fully saturated rings. The first-order valence-electron chi connectivity index (χ1n) is 0.183. The Kier molecular flexibility index (Phi) is 178. The summed E-state index contributed by atoms with van der Waals surface area (Å²) in [7, 11) is 0. The molecule has 0 aliphatic heterocycles. The van der Waals surface area contributed by atoms with E-state index in [0.717, 1.165) is 0 Å². The molecule has 0 aliphatic carbocycles. The third kappa shape index (κ3) is 23.7. The number of hydrogen-bond acceptors (Lipinski definition) is 0. The Morgan fingerprint density at radius 3 is 1.17 bits per heavy atom. The van der Waals surface area contributed by atoms with Gasteiger partial charge in [0.15, 0.2) is 0 Å². The van der Waals surface area contributed by atoms with Gasteiger partial charge < -0.3 is 0 Å². The quantitative estimate of drug-likeness (QED) is 0.314. The number of rotatable bonds is 0. The van der Waals surface area contributed by atoms with Crippen LogP contribution in [-0.2, 0) is 126 Å². The maximum Gasteiger partial charge on any atom is 0 e. The summed E-state index contributed by atoms with van der Waals surface area (Å²) in [6, 6.07) is 0. The van der Waals surface area contributed by atoms with Crippen molar-refractivity contribution >= 4 is 0 Å². The summed E-state index contributed by atoms with van der Waals surface area (Å²) in [5.41, 5.74) is 0. The smallest absolute Gasteiger partial charge is 0 e. The van der Waals surface area contributed by atoms with Crippen LogP contribution < -0.4 is 0 Å². The molecular weight excluding hydrogens is 693 g/mol. The van der Waals surface area contributed by atoms with Crippen LogP contribution in [0.1, 0.15) is 0 Å². The largest absolute Gasteiger partial charge is 0 e. The van der Waals surface area contributed by atoms with Crippen molar-refractivity contribution in [3.05, 3.63) is 0 Å². The van der Waals surface area contributed by atoms with Gasteiger partial charge in [-0.15, -0.1) is 0 Å². The molecule has 0 aliphatic rings. The molecule has 0 bridgehead atoms. The zero-order valence-corrected chi connectivity index (χ0v) is 17.1. The Labute approximate surface area is 123 Å². The Hall–Kier alpha value is 4.45. The molecule has 0 aromatic rings. The summed E-state index contributed by atoms with van der Waals surface area (Å²) in [5, 5.41) is 0. The molecule has 6 heavy (non-hydrogen) atoms. The SMILES string of the molecule is [Mo][Ta].[Nb].[Ti].[W].[Zr]. The third-order valence-corrected chi connectivity index (χ3v) is 0. The fourth-order valence-electron chi connectivity index (χ4n) is 0. The number of hydrogen-bond donors (Lipinski definition) is 0. The summed E-state index contributed by atoms with van der Waals surface area (Å²) in [4.78, 5) is 0. The molecule has 0 amide bonds. The molecule has 0 saturated carbocycles. The molecule has 0 rings (SSSR count). The summed E-state index contributed by atoms with van der Waals surface area (Å²) in [6.45, 7) is 0. The molecule has 30 valence electrons. The summed E-state index contributed by atoms with van der Waals surface area (Å²) >= 11 is 3.52. The van der Waals surface area contributed by atoms with Crippen molar-refractivity contribution in [2.45, 2.75) is 0 Å². The van der Waals surface area contributed by atoms with Crippen LogP contribution in [0.25, 0.3) is 0 Å². The topological polar surface area (TPSA) is 0 Å². The Balaban J connectivity index is -0.000000000833. The molecule has 0 heterocycles. The van der Waals surface area contributed by atoms with E-state index < -0.39 is 0 Å². The van der Waals surface area contributed by atoms with Gasteiger partial charge in [-0.25, -0.2) is 0 Å². The Bertz CT molecular complexity index is 15.5. The average molecular weight is 693 g/mol. The average Bonchev–Trinajstić information content (AvgIpc) is 1.00. The third-order valence-electron chi connectivity index (χ3n) is 0. The summed E-state index contributed by atoms with van der Waals surface area (Å²) in [5.74, 6) is 0. The molecular formula is MoNbTaTiWZr. The van der Waals surface area contributed by atoms with Crippen molar-refractivity contribution in [1.29, 1.82) is 0 Å². The van der Waals surface area contributed by atoms with Gasteiger partial charge in [-0.2, -0.15) is 0 Å². The monoisotopic (exact) mass is 694 g/mol. The van der Waals surface area contributed by atoms with Gasteiger partial charge in [0.1, 0.15) is 0 Å². The van der Waals surface area contributed by atoms with Gasteiger partial charge in [-0.3, -0.25) is 0 Å². The fourth-order valence-corrected chi connectivity index (χ4v) is 0. The van der Waals surface area contributed by atoms with Gasteiger partial charge in [0.2, 0.25) is 0 Å². The summed E-state index contributed by atoms with van der Waals surface area (Å²) in [6.07, 6.45) is 0. The van der Waals surface area contributed by atoms with Crippen molar-refractivity contribution in [1.82, 2.24) is 0 Å². The van der Waals surface area contributed by atoms with Gasteiger partial charge in [0, 0.05) is 91.4 Å². The van der Waals surface area contributed by atoms with Gasteiger partial charge in [-0.1, -0.05) is 0 Å². The van der Waals surface area contributed by atoms with E-state index in [1.54, 1.807) is 0 Å². The van der Waals surface area contributed by atoms with E-state index in [0.29, 0.717) is 0 Å². The fraction of sp³-hybridized carbons (Fsp3) is 0. The van der Waals surface area contributed by atoms with E-state index in [2.05, 4.69) is 16.5 Å². The normalized spacial score (nSPS) is 0.667. The van der Waals surface area contributed by atoms with Crippen LogP contribution in [0, 0.1) is 0 Å². The van der Waals surface area contributed by atoms with Crippen molar-refractivity contribution in [3.63, 3.8) is 0 Å². The van der Waals surface area contributed by atoms with Crippen LogP contribution >= 0.6 is 0 Å². The molecule has 6 heteroatoms. The van der Waals surface area contributed by atoms with Crippen LogP contribution in [0.5, 0.6) is 0 Å². The molecule has 0 N–H and O–H groups in total. The van der Waals surface area contributed by atoms with Crippen molar-refractivity contribution in [2.24, 2.45) is 0 Å². The van der Waals surface area contributed by atoms with Crippen LogP contribution in [0.3, 0.4) is 0 Å². The Morgan fingerprint density at radius 2 is 1.17 bits per heavy atom. The van der Waals surface area contributed by atoms with Crippen LogP contribution in [0.2, 0.25) is 0 Å². The van der Waals surface area contributed by atoms with E-state index in [1.165, 1.54) is 18.0 Å². The predicted octanol–water partition coefficient (Wildman–Crippen LogP) is -0.0150. The second-order valence-corrected chi connectivity index (χ2v) is 0. The van der Waals surface area contributed by atoms with Crippen molar-refractivity contribution < 1.29 is 126 Å². The minimum atomic E-state index is 0. The molecule has 0 aromatic heterocycles. The van der Waals surface area contributed by atoms with E-state index >= 15 is 0 Å². The van der Waals surface area contributed by atoms with E-state index in [-0.39, 0.29) is 91.4 Å². The second kappa shape index (κ2) is 34.1. The van der Waals surface area contributed by atoms with Crippen LogP contribution in [0.4, 0.5) is 0 Å². The molecule has 0 aromatic carbocycles. The first-order valence-corrected chi connectivity index (χ1v) is 8.84. The zero-order valence-electron chi connectivity index (χ0n) is 2.71. The minimum absolute atomic E-state index is 0. The standard InChI is InChI=1S/Mo.Nb.Ta.Ti.W.Zr. The van der Waals surface area contributed by atoms with Crippen molar-refractivity contribution in [3.8, 4) is 0 Å². The first kappa shape index (κ1) is 31.4. The predicted molar refractivity (Wildman–Crippen MR) is 0 cm³/mol. The van der Waals surface area contributed by atoms with Gasteiger partial charge >= 0.3 is 34.5 Å². The second-order valence-electron chi connectivity index (χ2n) is 0. The van der Waals surface area contributed by atoms with Gasteiger partial charge in [0.25, 0.3) is 0 Å². The summed E-state index contributed by atoms with van der Waals surface area (Å²) < 4.78 is 0. The maximum atomic E-state index is 2.06. The van der Waals surface area contributed by atoms with Crippen LogP contribution in [0.15, 0.2) is 0 Å². The van der Waals surface area contributed by atoms with Crippen LogP contribution in [-0.4, -0.2) is 0 Å². The molecule has 1 radical (unpaired) electrons. The molecule has 0 unspecified atom stereocenters. The minimum Gasteiger partial charge on any atom is 0 e. The van der Waals surface area contributed by atoms with E-state index in [1.807, 2.05) is 0 Å². The zero-order chi connectivity index (χ0) is 2.00.